The van der Waals surface area contributed by atoms with Crippen molar-refractivity contribution in [2.75, 3.05) is 26.2 Å². The van der Waals surface area contributed by atoms with Crippen molar-refractivity contribution in [2.24, 2.45) is 0 Å². The van der Waals surface area contributed by atoms with E-state index in [1.165, 1.54) is 0 Å². The van der Waals surface area contributed by atoms with Gasteiger partial charge in [-0.1, -0.05) is 27.5 Å². The molecule has 0 amide bonds. The van der Waals surface area contributed by atoms with Crippen molar-refractivity contribution in [1.29, 1.82) is 0 Å². The highest BCUT2D eigenvalue weighted by Gasteiger charge is 2.25. The zero-order chi connectivity index (χ0) is 14.7. The third-order valence-corrected chi connectivity index (χ3v) is 4.72. The molecule has 1 aliphatic rings. The van der Waals surface area contributed by atoms with E-state index in [2.05, 4.69) is 20.8 Å². The fourth-order valence-electron chi connectivity index (χ4n) is 2.37. The Kier molecular flexibility index (Phi) is 5.43. The molecule has 1 aliphatic heterocycles. The summed E-state index contributed by atoms with van der Waals surface area (Å²) < 4.78 is 1.06. The standard InChI is InChI=1S/C14H18BrClN2O2/c1-10(14(19)20)18-6-4-17(5-7-18)9-11-8-12(16)2-3-13(11)15/h2-3,8,10H,4-7,9H2,1H3,(H,19,20). The Morgan fingerprint density at radius 3 is 2.65 bits per heavy atom. The number of piperazine rings is 1. The molecule has 0 aliphatic carbocycles. The molecule has 4 nitrogen and oxygen atoms in total. The molecule has 0 spiro atoms. The van der Waals surface area contributed by atoms with E-state index in [-0.39, 0.29) is 0 Å². The van der Waals surface area contributed by atoms with Crippen molar-refractivity contribution in [1.82, 2.24) is 9.80 Å². The van der Waals surface area contributed by atoms with Gasteiger partial charge in [0.1, 0.15) is 6.04 Å². The fraction of sp³-hybridized carbons (Fsp3) is 0.500. The maximum Gasteiger partial charge on any atom is 0.320 e. The number of carboxylic acids is 1. The van der Waals surface area contributed by atoms with Crippen LogP contribution in [0.4, 0.5) is 0 Å². The van der Waals surface area contributed by atoms with E-state index >= 15 is 0 Å². The van der Waals surface area contributed by atoms with Crippen LogP contribution in [0.2, 0.25) is 5.02 Å². The van der Waals surface area contributed by atoms with E-state index in [0.717, 1.165) is 47.8 Å². The third-order valence-electron chi connectivity index (χ3n) is 3.71. The molecular formula is C14H18BrClN2O2. The molecule has 0 aromatic heterocycles. The highest BCUT2D eigenvalue weighted by molar-refractivity contribution is 9.10. The lowest BCUT2D eigenvalue weighted by atomic mass is 10.2. The topological polar surface area (TPSA) is 43.8 Å². The molecule has 1 saturated heterocycles. The summed E-state index contributed by atoms with van der Waals surface area (Å²) in [6.07, 6.45) is 0. The van der Waals surface area contributed by atoms with Gasteiger partial charge in [-0.3, -0.25) is 14.6 Å². The predicted molar refractivity (Wildman–Crippen MR) is 83.1 cm³/mol. The molecular weight excluding hydrogens is 344 g/mol. The first-order valence-electron chi connectivity index (χ1n) is 6.60. The second-order valence-corrected chi connectivity index (χ2v) is 6.35. The number of halogens is 2. The Bertz CT molecular complexity index is 490. The monoisotopic (exact) mass is 360 g/mol. The van der Waals surface area contributed by atoms with Crippen LogP contribution >= 0.6 is 27.5 Å². The summed E-state index contributed by atoms with van der Waals surface area (Å²) in [5.41, 5.74) is 1.16. The lowest BCUT2D eigenvalue weighted by molar-refractivity contribution is -0.143. The molecule has 2 rings (SSSR count). The fourth-order valence-corrected chi connectivity index (χ4v) is 2.94. The number of nitrogens with zero attached hydrogens (tertiary/aromatic N) is 2. The van der Waals surface area contributed by atoms with Crippen LogP contribution in [0.1, 0.15) is 12.5 Å². The first kappa shape index (κ1) is 15.8. The molecule has 0 radical (unpaired) electrons. The van der Waals surface area contributed by atoms with Crippen LogP contribution in [0.5, 0.6) is 0 Å². The molecule has 1 aromatic rings. The summed E-state index contributed by atoms with van der Waals surface area (Å²) in [5, 5.41) is 9.76. The third kappa shape index (κ3) is 3.95. The van der Waals surface area contributed by atoms with Gasteiger partial charge in [-0.05, 0) is 30.7 Å². The highest BCUT2D eigenvalue weighted by Crippen LogP contribution is 2.23. The number of rotatable bonds is 4. The molecule has 1 aromatic carbocycles. The maximum absolute atomic E-state index is 11.0. The van der Waals surface area contributed by atoms with Crippen molar-refractivity contribution < 1.29 is 9.90 Å². The minimum absolute atomic E-state index is 0.407. The zero-order valence-electron chi connectivity index (χ0n) is 11.4. The Hall–Kier alpha value is -0.620. The summed E-state index contributed by atoms with van der Waals surface area (Å²) in [7, 11) is 0. The molecule has 0 bridgehead atoms. The van der Waals surface area contributed by atoms with Gasteiger partial charge in [0.15, 0.2) is 0 Å². The molecule has 1 fully saturated rings. The second kappa shape index (κ2) is 6.89. The summed E-state index contributed by atoms with van der Waals surface area (Å²) in [5.74, 6) is -0.754. The van der Waals surface area contributed by atoms with Gasteiger partial charge in [0.05, 0.1) is 0 Å². The first-order valence-corrected chi connectivity index (χ1v) is 7.77. The maximum atomic E-state index is 11.0. The molecule has 20 heavy (non-hydrogen) atoms. The summed E-state index contributed by atoms with van der Waals surface area (Å²) in [4.78, 5) is 15.3. The van der Waals surface area contributed by atoms with Crippen LogP contribution < -0.4 is 0 Å². The van der Waals surface area contributed by atoms with Gasteiger partial charge in [-0.25, -0.2) is 0 Å². The van der Waals surface area contributed by atoms with Crippen LogP contribution in [0, 0.1) is 0 Å². The van der Waals surface area contributed by atoms with Crippen molar-refractivity contribution in [3.05, 3.63) is 33.3 Å². The zero-order valence-corrected chi connectivity index (χ0v) is 13.7. The van der Waals surface area contributed by atoms with Crippen LogP contribution in [0.3, 0.4) is 0 Å². The molecule has 6 heteroatoms. The van der Waals surface area contributed by atoms with Gasteiger partial charge in [0.2, 0.25) is 0 Å². The normalized spacial score (nSPS) is 18.9. The highest BCUT2D eigenvalue weighted by atomic mass is 79.9. The summed E-state index contributed by atoms with van der Waals surface area (Å²) in [6, 6.07) is 5.38. The van der Waals surface area contributed by atoms with Crippen molar-refractivity contribution in [3.8, 4) is 0 Å². The lowest BCUT2D eigenvalue weighted by Crippen LogP contribution is -2.51. The van der Waals surface area contributed by atoms with E-state index in [1.54, 1.807) is 6.92 Å². The van der Waals surface area contributed by atoms with E-state index < -0.39 is 12.0 Å². The van der Waals surface area contributed by atoms with Gasteiger partial charge in [-0.2, -0.15) is 0 Å². The van der Waals surface area contributed by atoms with Crippen molar-refractivity contribution in [2.45, 2.75) is 19.5 Å². The summed E-state index contributed by atoms with van der Waals surface area (Å²) >= 11 is 9.56. The summed E-state index contributed by atoms with van der Waals surface area (Å²) in [6.45, 7) is 5.88. The Balaban J connectivity index is 1.91. The number of carboxylic acid groups (broad SMARTS) is 1. The number of hydrogen-bond acceptors (Lipinski definition) is 3. The Morgan fingerprint density at radius 1 is 1.40 bits per heavy atom. The van der Waals surface area contributed by atoms with Crippen LogP contribution in [-0.2, 0) is 11.3 Å². The van der Waals surface area contributed by atoms with Crippen LogP contribution in [-0.4, -0.2) is 53.1 Å². The number of benzene rings is 1. The SMILES string of the molecule is CC(C(=O)O)N1CCN(Cc2cc(Cl)ccc2Br)CC1. The lowest BCUT2D eigenvalue weighted by Gasteiger charge is -2.36. The van der Waals surface area contributed by atoms with Gasteiger partial charge in [0, 0.05) is 42.2 Å². The molecule has 1 N–H and O–H groups in total. The number of hydrogen-bond donors (Lipinski definition) is 1. The predicted octanol–water partition coefficient (Wildman–Crippen LogP) is 2.69. The molecule has 1 atom stereocenters. The molecule has 0 saturated carbocycles. The van der Waals surface area contributed by atoms with E-state index in [4.69, 9.17) is 16.7 Å². The van der Waals surface area contributed by atoms with Crippen molar-refractivity contribution >= 4 is 33.5 Å². The first-order chi connectivity index (χ1) is 9.47. The Labute approximate surface area is 132 Å². The van der Waals surface area contributed by atoms with Crippen LogP contribution in [0.15, 0.2) is 22.7 Å². The van der Waals surface area contributed by atoms with Gasteiger partial charge >= 0.3 is 5.97 Å². The number of aliphatic carboxylic acids is 1. The van der Waals surface area contributed by atoms with Crippen LogP contribution in [0.25, 0.3) is 0 Å². The van der Waals surface area contributed by atoms with E-state index in [0.29, 0.717) is 0 Å². The second-order valence-electron chi connectivity index (χ2n) is 5.06. The quantitative estimate of drug-likeness (QED) is 0.895. The largest absolute Gasteiger partial charge is 0.480 e. The average Bonchev–Trinajstić information content (AvgIpc) is 2.43. The number of carbonyl (C=O) groups is 1. The molecule has 110 valence electrons. The minimum Gasteiger partial charge on any atom is -0.480 e. The Morgan fingerprint density at radius 2 is 2.05 bits per heavy atom. The molecule has 1 heterocycles. The van der Waals surface area contributed by atoms with Gasteiger partial charge < -0.3 is 5.11 Å². The average molecular weight is 362 g/mol. The minimum atomic E-state index is -0.754. The van der Waals surface area contributed by atoms with Crippen molar-refractivity contribution in [3.63, 3.8) is 0 Å². The van der Waals surface area contributed by atoms with Gasteiger partial charge in [-0.15, -0.1) is 0 Å². The smallest absolute Gasteiger partial charge is 0.320 e. The van der Waals surface area contributed by atoms with Gasteiger partial charge in [0.25, 0.3) is 0 Å². The van der Waals surface area contributed by atoms with E-state index in [9.17, 15) is 4.79 Å². The van der Waals surface area contributed by atoms with E-state index in [1.807, 2.05) is 23.1 Å². The molecule has 1 unspecified atom stereocenters.